The quantitative estimate of drug-likeness (QED) is 0.657. The lowest BCUT2D eigenvalue weighted by Crippen LogP contribution is -2.48. The highest BCUT2D eigenvalue weighted by Gasteiger charge is 2.21. The number of benzene rings is 2. The molecule has 1 saturated heterocycles. The number of hydrogen-bond donors (Lipinski definition) is 1. The molecule has 166 valence electrons. The second kappa shape index (κ2) is 10.6. The maximum atomic E-state index is 12.5. The van der Waals surface area contributed by atoms with E-state index in [1.54, 1.807) is 6.92 Å². The van der Waals surface area contributed by atoms with Gasteiger partial charge in [-0.25, -0.2) is 0 Å². The third-order valence-electron chi connectivity index (χ3n) is 5.87. The van der Waals surface area contributed by atoms with E-state index in [1.807, 2.05) is 57.2 Å². The Hall–Kier alpha value is -2.70. The van der Waals surface area contributed by atoms with Crippen LogP contribution in [0, 0.1) is 13.8 Å². The number of rotatable bonds is 8. The zero-order valence-corrected chi connectivity index (χ0v) is 19.0. The molecular formula is C25H33N3O3. The number of Topliss-reactive ketones (excluding diaryl/α,β-unsaturated/α-hetero) is 1. The number of carbonyl (C=O) groups is 2. The summed E-state index contributed by atoms with van der Waals surface area (Å²) < 4.78 is 5.76. The minimum atomic E-state index is 0.0231. The number of nitrogens with one attached hydrogen (secondary N) is 1. The van der Waals surface area contributed by atoms with E-state index in [2.05, 4.69) is 15.1 Å². The number of ketones is 1. The lowest BCUT2D eigenvalue weighted by Gasteiger charge is -2.34. The number of piperazine rings is 1. The van der Waals surface area contributed by atoms with Crippen LogP contribution in [0.4, 0.5) is 5.69 Å². The van der Waals surface area contributed by atoms with Crippen molar-refractivity contribution in [2.75, 3.05) is 44.6 Å². The van der Waals surface area contributed by atoms with Crippen molar-refractivity contribution >= 4 is 17.4 Å². The van der Waals surface area contributed by atoms with Crippen LogP contribution in [0.2, 0.25) is 0 Å². The average molecular weight is 424 g/mol. The number of carbonyl (C=O) groups excluding carboxylic acids is 2. The maximum Gasteiger partial charge on any atom is 0.238 e. The fraction of sp³-hybridized carbons (Fsp3) is 0.440. The molecule has 2 aromatic carbocycles. The van der Waals surface area contributed by atoms with Crippen molar-refractivity contribution in [3.05, 3.63) is 58.7 Å². The summed E-state index contributed by atoms with van der Waals surface area (Å²) in [5.41, 5.74) is 4.92. The first-order valence-electron chi connectivity index (χ1n) is 10.9. The van der Waals surface area contributed by atoms with Crippen molar-refractivity contribution < 1.29 is 14.3 Å². The molecule has 0 atom stereocenters. The minimum absolute atomic E-state index is 0.0231. The van der Waals surface area contributed by atoms with Gasteiger partial charge < -0.3 is 10.1 Å². The maximum absolute atomic E-state index is 12.5. The van der Waals surface area contributed by atoms with Crippen molar-refractivity contribution in [3.63, 3.8) is 0 Å². The van der Waals surface area contributed by atoms with E-state index in [-0.39, 0.29) is 11.7 Å². The zero-order chi connectivity index (χ0) is 22.4. The standard InChI is InChI=1S/C25H33N3O3/c1-5-31-24-10-9-21(20(4)29)15-22(24)16-27-11-13-28(14-12-27)17-25(30)26-23-8-6-7-18(2)19(23)3/h6-10,15H,5,11-14,16-17H2,1-4H3,(H,26,30). The SMILES string of the molecule is CCOc1ccc(C(C)=O)cc1CN1CCN(CC(=O)Nc2cccc(C)c2C)CC1. The van der Waals surface area contributed by atoms with Crippen LogP contribution < -0.4 is 10.1 Å². The summed E-state index contributed by atoms with van der Waals surface area (Å²) in [6, 6.07) is 11.6. The van der Waals surface area contributed by atoms with Crippen LogP contribution >= 0.6 is 0 Å². The van der Waals surface area contributed by atoms with Crippen molar-refractivity contribution in [1.82, 2.24) is 9.80 Å². The van der Waals surface area contributed by atoms with Gasteiger partial charge in [0.05, 0.1) is 13.2 Å². The molecule has 0 spiro atoms. The molecule has 6 nitrogen and oxygen atoms in total. The van der Waals surface area contributed by atoms with E-state index in [1.165, 1.54) is 5.56 Å². The molecule has 0 unspecified atom stereocenters. The Kier molecular flexibility index (Phi) is 7.82. The van der Waals surface area contributed by atoms with Gasteiger partial charge in [0.15, 0.2) is 5.78 Å². The van der Waals surface area contributed by atoms with E-state index in [4.69, 9.17) is 4.74 Å². The number of nitrogens with zero attached hydrogens (tertiary/aromatic N) is 2. The molecule has 0 radical (unpaired) electrons. The lowest BCUT2D eigenvalue weighted by atomic mass is 10.1. The first kappa shape index (κ1) is 23.0. The normalized spacial score (nSPS) is 15.0. The Balaban J connectivity index is 1.54. The third kappa shape index (κ3) is 6.15. The first-order valence-corrected chi connectivity index (χ1v) is 10.9. The van der Waals surface area contributed by atoms with Crippen molar-refractivity contribution in [2.24, 2.45) is 0 Å². The summed E-state index contributed by atoms with van der Waals surface area (Å²) in [7, 11) is 0. The zero-order valence-electron chi connectivity index (χ0n) is 19.0. The molecule has 0 bridgehead atoms. The Morgan fingerprint density at radius 3 is 2.42 bits per heavy atom. The Morgan fingerprint density at radius 2 is 1.74 bits per heavy atom. The van der Waals surface area contributed by atoms with Gasteiger partial charge in [0, 0.05) is 49.5 Å². The smallest absolute Gasteiger partial charge is 0.238 e. The second-order valence-electron chi connectivity index (χ2n) is 8.16. The molecule has 3 rings (SSSR count). The molecule has 1 heterocycles. The van der Waals surface area contributed by atoms with Gasteiger partial charge in [0.1, 0.15) is 5.75 Å². The molecule has 0 saturated carbocycles. The number of ether oxygens (including phenoxy) is 1. The van der Waals surface area contributed by atoms with Crippen LogP contribution in [0.1, 0.15) is 40.9 Å². The van der Waals surface area contributed by atoms with E-state index >= 15 is 0 Å². The predicted molar refractivity (Wildman–Crippen MR) is 124 cm³/mol. The summed E-state index contributed by atoms with van der Waals surface area (Å²) in [5, 5.41) is 3.05. The summed E-state index contributed by atoms with van der Waals surface area (Å²) in [4.78, 5) is 28.8. The van der Waals surface area contributed by atoms with Crippen molar-refractivity contribution in [1.29, 1.82) is 0 Å². The first-order chi connectivity index (χ1) is 14.9. The minimum Gasteiger partial charge on any atom is -0.494 e. The molecule has 1 amide bonds. The van der Waals surface area contributed by atoms with Gasteiger partial charge in [-0.15, -0.1) is 0 Å². The van der Waals surface area contributed by atoms with Crippen LogP contribution in [0.3, 0.4) is 0 Å². The third-order valence-corrected chi connectivity index (χ3v) is 5.87. The Bertz CT molecular complexity index is 934. The topological polar surface area (TPSA) is 61.9 Å². The monoisotopic (exact) mass is 423 g/mol. The lowest BCUT2D eigenvalue weighted by molar-refractivity contribution is -0.117. The van der Waals surface area contributed by atoms with Gasteiger partial charge in [0.2, 0.25) is 5.91 Å². The van der Waals surface area contributed by atoms with Gasteiger partial charge in [-0.1, -0.05) is 12.1 Å². The van der Waals surface area contributed by atoms with Crippen molar-refractivity contribution in [3.8, 4) is 5.75 Å². The van der Waals surface area contributed by atoms with Gasteiger partial charge in [-0.05, 0) is 63.1 Å². The number of anilines is 1. The molecule has 1 N–H and O–H groups in total. The molecule has 6 heteroatoms. The molecule has 1 fully saturated rings. The van der Waals surface area contributed by atoms with Gasteiger partial charge in [-0.2, -0.15) is 0 Å². The molecule has 0 aromatic heterocycles. The van der Waals surface area contributed by atoms with E-state index < -0.39 is 0 Å². The Morgan fingerprint density at radius 1 is 1.03 bits per heavy atom. The van der Waals surface area contributed by atoms with Crippen molar-refractivity contribution in [2.45, 2.75) is 34.2 Å². The number of amides is 1. The van der Waals surface area contributed by atoms with Crippen LogP contribution in [0.25, 0.3) is 0 Å². The molecule has 31 heavy (non-hydrogen) atoms. The van der Waals surface area contributed by atoms with Crippen LogP contribution in [-0.4, -0.2) is 60.8 Å². The summed E-state index contributed by atoms with van der Waals surface area (Å²) >= 11 is 0. The molecule has 0 aliphatic carbocycles. The highest BCUT2D eigenvalue weighted by Crippen LogP contribution is 2.23. The Labute approximate surface area is 185 Å². The molecular weight excluding hydrogens is 390 g/mol. The highest BCUT2D eigenvalue weighted by molar-refractivity contribution is 5.94. The van der Waals surface area contributed by atoms with Gasteiger partial charge in [0.25, 0.3) is 0 Å². The summed E-state index contributed by atoms with van der Waals surface area (Å²) in [6.45, 7) is 12.7. The van der Waals surface area contributed by atoms with Crippen LogP contribution in [-0.2, 0) is 11.3 Å². The highest BCUT2D eigenvalue weighted by atomic mass is 16.5. The summed E-state index contributed by atoms with van der Waals surface area (Å²) in [6.07, 6.45) is 0. The largest absolute Gasteiger partial charge is 0.494 e. The fourth-order valence-electron chi connectivity index (χ4n) is 3.84. The van der Waals surface area contributed by atoms with Crippen LogP contribution in [0.5, 0.6) is 5.75 Å². The van der Waals surface area contributed by atoms with Gasteiger partial charge >= 0.3 is 0 Å². The molecule has 1 aliphatic heterocycles. The summed E-state index contributed by atoms with van der Waals surface area (Å²) in [5.74, 6) is 0.918. The molecule has 2 aromatic rings. The molecule has 1 aliphatic rings. The predicted octanol–water partition coefficient (Wildman–Crippen LogP) is 3.66. The second-order valence-corrected chi connectivity index (χ2v) is 8.16. The number of aryl methyl sites for hydroxylation is 1. The average Bonchev–Trinajstić information content (AvgIpc) is 2.74. The fourth-order valence-corrected chi connectivity index (χ4v) is 3.84. The van der Waals surface area contributed by atoms with E-state index in [9.17, 15) is 9.59 Å². The van der Waals surface area contributed by atoms with Gasteiger partial charge in [-0.3, -0.25) is 19.4 Å². The number of hydrogen-bond acceptors (Lipinski definition) is 5. The van der Waals surface area contributed by atoms with Crippen LogP contribution in [0.15, 0.2) is 36.4 Å². The van der Waals surface area contributed by atoms with E-state index in [0.717, 1.165) is 55.3 Å². The van der Waals surface area contributed by atoms with E-state index in [0.29, 0.717) is 18.7 Å².